The van der Waals surface area contributed by atoms with Crippen molar-refractivity contribution in [3.63, 3.8) is 0 Å². The number of halogens is 3. The summed E-state index contributed by atoms with van der Waals surface area (Å²) in [5.41, 5.74) is 5.55. The standard InChI is InChI=1S/C17H16F3N3O2/c1-23(10-11-5-7-13(8-6-11)17(18,19)20)15(24)12-3-2-4-14(9-12)22-16(21)25/h2-9H,10H2,1H3,(H3,21,22,25). The Morgan fingerprint density at radius 2 is 1.76 bits per heavy atom. The van der Waals surface area contributed by atoms with E-state index in [1.165, 1.54) is 30.1 Å². The van der Waals surface area contributed by atoms with Gasteiger partial charge >= 0.3 is 12.2 Å². The summed E-state index contributed by atoms with van der Waals surface area (Å²) < 4.78 is 37.7. The number of benzene rings is 2. The van der Waals surface area contributed by atoms with Gasteiger partial charge in [-0.3, -0.25) is 4.79 Å². The molecule has 0 fully saturated rings. The zero-order valence-corrected chi connectivity index (χ0v) is 13.3. The number of rotatable bonds is 4. The van der Waals surface area contributed by atoms with Gasteiger partial charge in [0.25, 0.3) is 5.91 Å². The minimum absolute atomic E-state index is 0.143. The summed E-state index contributed by atoms with van der Waals surface area (Å²) in [5, 5.41) is 2.37. The van der Waals surface area contributed by atoms with E-state index in [4.69, 9.17) is 5.73 Å². The first-order valence-corrected chi connectivity index (χ1v) is 7.25. The number of anilines is 1. The third kappa shape index (κ3) is 4.97. The fraction of sp³-hybridized carbons (Fsp3) is 0.176. The van der Waals surface area contributed by atoms with E-state index < -0.39 is 17.8 Å². The smallest absolute Gasteiger partial charge is 0.351 e. The summed E-state index contributed by atoms with van der Waals surface area (Å²) in [6.07, 6.45) is -4.39. The average Bonchev–Trinajstić information content (AvgIpc) is 2.53. The van der Waals surface area contributed by atoms with E-state index in [9.17, 15) is 22.8 Å². The molecule has 2 rings (SSSR count). The molecule has 0 saturated carbocycles. The van der Waals surface area contributed by atoms with Crippen LogP contribution in [0, 0.1) is 0 Å². The maximum atomic E-state index is 12.6. The Balaban J connectivity index is 2.09. The molecule has 0 aromatic heterocycles. The molecule has 3 N–H and O–H groups in total. The van der Waals surface area contributed by atoms with E-state index >= 15 is 0 Å². The van der Waals surface area contributed by atoms with Crippen LogP contribution < -0.4 is 11.1 Å². The molecule has 0 atom stereocenters. The lowest BCUT2D eigenvalue weighted by Crippen LogP contribution is -2.26. The van der Waals surface area contributed by atoms with Gasteiger partial charge in [-0.25, -0.2) is 4.79 Å². The summed E-state index contributed by atoms with van der Waals surface area (Å²) in [6.45, 7) is 0.143. The highest BCUT2D eigenvalue weighted by Crippen LogP contribution is 2.29. The molecule has 2 aromatic carbocycles. The first-order chi connectivity index (χ1) is 11.7. The second-order valence-corrected chi connectivity index (χ2v) is 5.43. The maximum Gasteiger partial charge on any atom is 0.416 e. The number of amides is 3. The summed E-state index contributed by atoms with van der Waals surface area (Å²) >= 11 is 0. The maximum absolute atomic E-state index is 12.6. The summed E-state index contributed by atoms with van der Waals surface area (Å²) in [6, 6.07) is 10.1. The third-order valence-electron chi connectivity index (χ3n) is 3.42. The molecule has 2 aromatic rings. The number of hydrogen-bond donors (Lipinski definition) is 2. The Morgan fingerprint density at radius 1 is 1.12 bits per heavy atom. The number of nitrogens with two attached hydrogens (primary N) is 1. The molecule has 8 heteroatoms. The lowest BCUT2D eigenvalue weighted by Gasteiger charge is -2.18. The molecular weight excluding hydrogens is 335 g/mol. The zero-order chi connectivity index (χ0) is 18.6. The molecule has 5 nitrogen and oxygen atoms in total. The number of urea groups is 1. The van der Waals surface area contributed by atoms with Crippen LogP contribution in [-0.2, 0) is 12.7 Å². The second kappa shape index (κ2) is 7.25. The second-order valence-electron chi connectivity index (χ2n) is 5.43. The van der Waals surface area contributed by atoms with E-state index in [0.717, 1.165) is 12.1 Å². The van der Waals surface area contributed by atoms with E-state index in [1.807, 2.05) is 0 Å². The number of nitrogens with one attached hydrogen (secondary N) is 1. The van der Waals surface area contributed by atoms with Gasteiger partial charge in [0, 0.05) is 24.8 Å². The quantitative estimate of drug-likeness (QED) is 0.885. The predicted molar refractivity (Wildman–Crippen MR) is 86.9 cm³/mol. The molecule has 0 radical (unpaired) electrons. The van der Waals surface area contributed by atoms with Crippen molar-refractivity contribution in [3.05, 3.63) is 65.2 Å². The summed E-state index contributed by atoms with van der Waals surface area (Å²) in [5.74, 6) is -0.340. The molecule has 0 spiro atoms. The van der Waals surface area contributed by atoms with Crippen molar-refractivity contribution in [2.24, 2.45) is 5.73 Å². The minimum Gasteiger partial charge on any atom is -0.351 e. The third-order valence-corrected chi connectivity index (χ3v) is 3.42. The van der Waals surface area contributed by atoms with Gasteiger partial charge in [-0.05, 0) is 35.9 Å². The highest BCUT2D eigenvalue weighted by atomic mass is 19.4. The molecule has 0 aliphatic carbocycles. The summed E-state index contributed by atoms with van der Waals surface area (Å²) in [7, 11) is 1.54. The van der Waals surface area contributed by atoms with Gasteiger partial charge < -0.3 is 16.0 Å². The number of carbonyl (C=O) groups excluding carboxylic acids is 2. The van der Waals surface area contributed by atoms with Gasteiger partial charge in [-0.1, -0.05) is 18.2 Å². The van der Waals surface area contributed by atoms with Crippen molar-refractivity contribution in [3.8, 4) is 0 Å². The van der Waals surface area contributed by atoms with Gasteiger partial charge in [0.05, 0.1) is 5.56 Å². The molecule has 25 heavy (non-hydrogen) atoms. The molecule has 0 unspecified atom stereocenters. The molecule has 3 amide bonds. The highest BCUT2D eigenvalue weighted by Gasteiger charge is 2.30. The van der Waals surface area contributed by atoms with Crippen molar-refractivity contribution in [1.29, 1.82) is 0 Å². The van der Waals surface area contributed by atoms with E-state index in [-0.39, 0.29) is 12.5 Å². The van der Waals surface area contributed by atoms with Crippen LogP contribution in [0.15, 0.2) is 48.5 Å². The Labute approximate surface area is 142 Å². The van der Waals surface area contributed by atoms with Crippen molar-refractivity contribution < 1.29 is 22.8 Å². The summed E-state index contributed by atoms with van der Waals surface area (Å²) in [4.78, 5) is 24.6. The topological polar surface area (TPSA) is 75.4 Å². The first kappa shape index (κ1) is 18.3. The predicted octanol–water partition coefficient (Wildman–Crippen LogP) is 3.47. The Morgan fingerprint density at radius 3 is 2.32 bits per heavy atom. The van der Waals surface area contributed by atoms with Crippen LogP contribution in [0.2, 0.25) is 0 Å². The SMILES string of the molecule is CN(Cc1ccc(C(F)(F)F)cc1)C(=O)c1cccc(NC(N)=O)c1. The van der Waals surface area contributed by atoms with Crippen LogP contribution >= 0.6 is 0 Å². The Bertz CT molecular complexity index is 773. The molecule has 0 heterocycles. The average molecular weight is 351 g/mol. The van der Waals surface area contributed by atoms with Crippen molar-refractivity contribution in [2.45, 2.75) is 12.7 Å². The normalized spacial score (nSPS) is 11.0. The molecule has 0 aliphatic heterocycles. The monoisotopic (exact) mass is 351 g/mol. The van der Waals surface area contributed by atoms with Gasteiger partial charge in [0.15, 0.2) is 0 Å². The van der Waals surface area contributed by atoms with Gasteiger partial charge in [-0.15, -0.1) is 0 Å². The van der Waals surface area contributed by atoms with Crippen LogP contribution in [0.25, 0.3) is 0 Å². The van der Waals surface area contributed by atoms with E-state index in [0.29, 0.717) is 16.8 Å². The molecular formula is C17H16F3N3O2. The van der Waals surface area contributed by atoms with Crippen LogP contribution in [-0.4, -0.2) is 23.9 Å². The van der Waals surface area contributed by atoms with Crippen LogP contribution in [0.1, 0.15) is 21.5 Å². The van der Waals surface area contributed by atoms with Crippen molar-refractivity contribution in [1.82, 2.24) is 4.90 Å². The van der Waals surface area contributed by atoms with Crippen LogP contribution in [0.4, 0.5) is 23.7 Å². The fourth-order valence-corrected chi connectivity index (χ4v) is 2.24. The van der Waals surface area contributed by atoms with Gasteiger partial charge in [0.2, 0.25) is 0 Å². The number of carbonyl (C=O) groups is 2. The highest BCUT2D eigenvalue weighted by molar-refractivity contribution is 5.96. The van der Waals surface area contributed by atoms with Gasteiger partial charge in [0.1, 0.15) is 0 Å². The lowest BCUT2D eigenvalue weighted by atomic mass is 10.1. The molecule has 0 aliphatic rings. The van der Waals surface area contributed by atoms with Crippen molar-refractivity contribution >= 4 is 17.6 Å². The van der Waals surface area contributed by atoms with Crippen LogP contribution in [0.5, 0.6) is 0 Å². The van der Waals surface area contributed by atoms with Gasteiger partial charge in [-0.2, -0.15) is 13.2 Å². The Kier molecular flexibility index (Phi) is 5.31. The largest absolute Gasteiger partial charge is 0.416 e. The van der Waals surface area contributed by atoms with E-state index in [2.05, 4.69) is 5.32 Å². The minimum atomic E-state index is -4.39. The number of alkyl halides is 3. The number of nitrogens with zero attached hydrogens (tertiary/aromatic N) is 1. The Hall–Kier alpha value is -3.03. The number of primary amides is 1. The first-order valence-electron chi connectivity index (χ1n) is 7.25. The van der Waals surface area contributed by atoms with Crippen molar-refractivity contribution in [2.75, 3.05) is 12.4 Å². The van der Waals surface area contributed by atoms with Crippen LogP contribution in [0.3, 0.4) is 0 Å². The molecule has 0 bridgehead atoms. The molecule has 0 saturated heterocycles. The lowest BCUT2D eigenvalue weighted by molar-refractivity contribution is -0.137. The zero-order valence-electron chi connectivity index (χ0n) is 13.3. The number of hydrogen-bond acceptors (Lipinski definition) is 2. The molecule has 132 valence electrons. The van der Waals surface area contributed by atoms with E-state index in [1.54, 1.807) is 18.2 Å². The fourth-order valence-electron chi connectivity index (χ4n) is 2.24.